The summed E-state index contributed by atoms with van der Waals surface area (Å²) < 4.78 is 6.94. The molecule has 0 amide bonds. The van der Waals surface area contributed by atoms with Crippen molar-refractivity contribution in [2.75, 3.05) is 0 Å². The predicted molar refractivity (Wildman–Crippen MR) is 81.0 cm³/mol. The van der Waals surface area contributed by atoms with Gasteiger partial charge in [0.25, 0.3) is 0 Å². The zero-order valence-corrected chi connectivity index (χ0v) is 11.9. The van der Waals surface area contributed by atoms with Gasteiger partial charge in [-0.3, -0.25) is 0 Å². The zero-order chi connectivity index (χ0) is 16.4. The SMILES string of the molecule is N#Cc1c(COC(=O)c2ccc(O)cc2O)cn2ccccc12. The van der Waals surface area contributed by atoms with Gasteiger partial charge in [0.05, 0.1) is 11.1 Å². The first kappa shape index (κ1) is 14.5. The molecule has 0 saturated carbocycles. The fraction of sp³-hybridized carbons (Fsp3) is 0.0588. The third-order valence-electron chi connectivity index (χ3n) is 3.43. The Balaban J connectivity index is 1.83. The van der Waals surface area contributed by atoms with Crippen LogP contribution in [0.4, 0.5) is 0 Å². The smallest absolute Gasteiger partial charge is 0.342 e. The molecule has 1 aromatic carbocycles. The minimum absolute atomic E-state index is 0.0509. The van der Waals surface area contributed by atoms with E-state index in [1.807, 2.05) is 12.1 Å². The third kappa shape index (κ3) is 2.68. The van der Waals surface area contributed by atoms with Crippen LogP contribution in [0.1, 0.15) is 21.5 Å². The van der Waals surface area contributed by atoms with Crippen LogP contribution in [0.3, 0.4) is 0 Å². The molecule has 3 rings (SSSR count). The quantitative estimate of drug-likeness (QED) is 0.725. The van der Waals surface area contributed by atoms with Crippen LogP contribution in [0, 0.1) is 11.3 Å². The summed E-state index contributed by atoms with van der Waals surface area (Å²) in [4.78, 5) is 12.0. The van der Waals surface area contributed by atoms with Gasteiger partial charge in [-0.2, -0.15) is 5.26 Å². The van der Waals surface area contributed by atoms with Gasteiger partial charge in [-0.25, -0.2) is 4.79 Å². The van der Waals surface area contributed by atoms with Gasteiger partial charge < -0.3 is 19.4 Å². The summed E-state index contributed by atoms with van der Waals surface area (Å²) in [5.41, 5.74) is 1.69. The standard InChI is InChI=1S/C17H12N2O4/c18-8-14-11(9-19-6-2-1-3-15(14)19)10-23-17(22)13-5-4-12(20)7-16(13)21/h1-7,9,20-21H,10H2. The Morgan fingerprint density at radius 1 is 1.26 bits per heavy atom. The lowest BCUT2D eigenvalue weighted by molar-refractivity contribution is 0.0469. The molecule has 23 heavy (non-hydrogen) atoms. The second-order valence-electron chi connectivity index (χ2n) is 4.91. The number of hydrogen-bond donors (Lipinski definition) is 2. The Labute approximate surface area is 131 Å². The van der Waals surface area contributed by atoms with Crippen molar-refractivity contribution in [1.29, 1.82) is 5.26 Å². The minimum atomic E-state index is -0.735. The highest BCUT2D eigenvalue weighted by Crippen LogP contribution is 2.24. The lowest BCUT2D eigenvalue weighted by atomic mass is 10.2. The van der Waals surface area contributed by atoms with Crippen molar-refractivity contribution >= 4 is 11.5 Å². The molecular formula is C17H12N2O4. The Hall–Kier alpha value is -3.46. The molecule has 2 N–H and O–H groups in total. The number of aromatic nitrogens is 1. The lowest BCUT2D eigenvalue weighted by Gasteiger charge is -2.06. The second-order valence-corrected chi connectivity index (χ2v) is 4.91. The summed E-state index contributed by atoms with van der Waals surface area (Å²) in [6.45, 7) is -0.0935. The van der Waals surface area contributed by atoms with Gasteiger partial charge in [-0.05, 0) is 24.3 Å². The highest BCUT2D eigenvalue weighted by atomic mass is 16.5. The number of benzene rings is 1. The van der Waals surface area contributed by atoms with E-state index in [1.165, 1.54) is 12.1 Å². The van der Waals surface area contributed by atoms with Crippen molar-refractivity contribution in [3.05, 3.63) is 65.5 Å². The molecule has 0 aliphatic heterocycles. The molecule has 0 bridgehead atoms. The fourth-order valence-electron chi connectivity index (χ4n) is 2.33. The minimum Gasteiger partial charge on any atom is -0.508 e. The van der Waals surface area contributed by atoms with Crippen molar-refractivity contribution in [3.8, 4) is 17.6 Å². The van der Waals surface area contributed by atoms with Gasteiger partial charge in [0.2, 0.25) is 0 Å². The van der Waals surface area contributed by atoms with Gasteiger partial charge in [0, 0.05) is 24.0 Å². The average molecular weight is 308 g/mol. The van der Waals surface area contributed by atoms with Crippen LogP contribution in [-0.2, 0) is 11.3 Å². The number of aromatic hydroxyl groups is 2. The summed E-state index contributed by atoms with van der Waals surface area (Å²) in [7, 11) is 0. The summed E-state index contributed by atoms with van der Waals surface area (Å²) >= 11 is 0. The van der Waals surface area contributed by atoms with Crippen LogP contribution < -0.4 is 0 Å². The molecule has 0 saturated heterocycles. The predicted octanol–water partition coefficient (Wildman–Crippen LogP) is 2.58. The Morgan fingerprint density at radius 3 is 2.83 bits per heavy atom. The number of fused-ring (bicyclic) bond motifs is 1. The fourth-order valence-corrected chi connectivity index (χ4v) is 2.33. The maximum Gasteiger partial charge on any atom is 0.342 e. The number of phenolic OH excluding ortho intramolecular Hbond substituents is 2. The van der Waals surface area contributed by atoms with E-state index in [0.29, 0.717) is 11.1 Å². The first-order valence-corrected chi connectivity index (χ1v) is 6.78. The third-order valence-corrected chi connectivity index (χ3v) is 3.43. The van der Waals surface area contributed by atoms with E-state index in [-0.39, 0.29) is 23.7 Å². The number of hydrogen-bond acceptors (Lipinski definition) is 5. The average Bonchev–Trinajstić information content (AvgIpc) is 2.90. The van der Waals surface area contributed by atoms with Crippen molar-refractivity contribution < 1.29 is 19.7 Å². The molecule has 0 aliphatic rings. The second kappa shape index (κ2) is 5.73. The van der Waals surface area contributed by atoms with Crippen LogP contribution in [0.2, 0.25) is 0 Å². The van der Waals surface area contributed by atoms with Gasteiger partial charge in [0.15, 0.2) is 0 Å². The first-order valence-electron chi connectivity index (χ1n) is 6.78. The summed E-state index contributed by atoms with van der Waals surface area (Å²) in [5, 5.41) is 28.2. The number of nitrogens with zero attached hydrogens (tertiary/aromatic N) is 2. The number of esters is 1. The molecule has 114 valence electrons. The van der Waals surface area contributed by atoms with Crippen molar-refractivity contribution in [1.82, 2.24) is 4.40 Å². The Kier molecular flexibility index (Phi) is 3.61. The summed E-state index contributed by atoms with van der Waals surface area (Å²) in [6.07, 6.45) is 3.52. The molecule has 2 aromatic heterocycles. The number of phenols is 2. The highest BCUT2D eigenvalue weighted by molar-refractivity contribution is 5.92. The van der Waals surface area contributed by atoms with E-state index >= 15 is 0 Å². The van der Waals surface area contributed by atoms with Gasteiger partial charge in [-0.15, -0.1) is 0 Å². The zero-order valence-electron chi connectivity index (χ0n) is 11.9. The normalized spacial score (nSPS) is 10.4. The van der Waals surface area contributed by atoms with Crippen molar-refractivity contribution in [2.24, 2.45) is 0 Å². The molecule has 0 spiro atoms. The maximum absolute atomic E-state index is 12.0. The molecule has 6 heteroatoms. The van der Waals surface area contributed by atoms with Gasteiger partial charge in [0.1, 0.15) is 29.7 Å². The number of nitriles is 1. The number of rotatable bonds is 3. The van der Waals surface area contributed by atoms with E-state index in [4.69, 9.17) is 4.74 Å². The van der Waals surface area contributed by atoms with Gasteiger partial charge in [-0.1, -0.05) is 6.07 Å². The van der Waals surface area contributed by atoms with E-state index in [9.17, 15) is 20.3 Å². The number of pyridine rings is 1. The maximum atomic E-state index is 12.0. The van der Waals surface area contributed by atoms with Crippen molar-refractivity contribution in [3.63, 3.8) is 0 Å². The molecule has 0 radical (unpaired) electrons. The molecule has 2 heterocycles. The van der Waals surface area contributed by atoms with E-state index in [1.54, 1.807) is 22.9 Å². The molecule has 0 atom stereocenters. The molecular weight excluding hydrogens is 296 g/mol. The van der Waals surface area contributed by atoms with Crippen molar-refractivity contribution in [2.45, 2.75) is 6.61 Å². The van der Waals surface area contributed by atoms with E-state index < -0.39 is 5.97 Å². The molecule has 0 fully saturated rings. The largest absolute Gasteiger partial charge is 0.508 e. The molecule has 0 unspecified atom stereocenters. The molecule has 3 aromatic rings. The summed E-state index contributed by atoms with van der Waals surface area (Å²) in [5.74, 6) is -1.25. The van der Waals surface area contributed by atoms with Crippen LogP contribution in [0.5, 0.6) is 11.5 Å². The number of carbonyl (C=O) groups excluding carboxylic acids is 1. The highest BCUT2D eigenvalue weighted by Gasteiger charge is 2.16. The van der Waals surface area contributed by atoms with Crippen LogP contribution in [0.15, 0.2) is 48.8 Å². The monoisotopic (exact) mass is 308 g/mol. The Morgan fingerprint density at radius 2 is 2.09 bits per heavy atom. The lowest BCUT2D eigenvalue weighted by Crippen LogP contribution is -2.05. The number of carbonyl (C=O) groups is 1. The summed E-state index contributed by atoms with van der Waals surface area (Å²) in [6, 6.07) is 11.2. The van der Waals surface area contributed by atoms with E-state index in [0.717, 1.165) is 11.6 Å². The topological polar surface area (TPSA) is 95.0 Å². The molecule has 0 aliphatic carbocycles. The van der Waals surface area contributed by atoms with E-state index in [2.05, 4.69) is 6.07 Å². The first-order chi connectivity index (χ1) is 11.1. The van der Waals surface area contributed by atoms with Crippen LogP contribution >= 0.6 is 0 Å². The Bertz CT molecular complexity index is 937. The van der Waals surface area contributed by atoms with Crippen LogP contribution in [0.25, 0.3) is 5.52 Å². The number of ether oxygens (including phenoxy) is 1. The van der Waals surface area contributed by atoms with Gasteiger partial charge >= 0.3 is 5.97 Å². The van der Waals surface area contributed by atoms with Crippen LogP contribution in [-0.4, -0.2) is 20.6 Å². The molecule has 6 nitrogen and oxygen atoms in total.